The molecule has 180 valence electrons. The van der Waals surface area contributed by atoms with Gasteiger partial charge in [-0.1, -0.05) is 53.4 Å². The van der Waals surface area contributed by atoms with E-state index >= 15 is 0 Å². The maximum absolute atomic E-state index is 13.8. The first kappa shape index (κ1) is 22.6. The van der Waals surface area contributed by atoms with E-state index < -0.39 is 17.1 Å². The quantitative estimate of drug-likeness (QED) is 0.374. The summed E-state index contributed by atoms with van der Waals surface area (Å²) in [5.74, 6) is 0.244. The Balaban J connectivity index is 1.42. The van der Waals surface area contributed by atoms with Gasteiger partial charge in [-0.05, 0) is 54.1 Å². The van der Waals surface area contributed by atoms with E-state index in [1.165, 1.54) is 16.7 Å². The molecule has 0 radical (unpaired) electrons. The van der Waals surface area contributed by atoms with Gasteiger partial charge in [-0.2, -0.15) is 0 Å². The molecule has 3 atom stereocenters. The third-order valence-corrected chi connectivity index (χ3v) is 8.75. The zero-order valence-electron chi connectivity index (χ0n) is 19.0. The summed E-state index contributed by atoms with van der Waals surface area (Å²) < 4.78 is 11.2. The topological polar surface area (TPSA) is 88.7 Å². The lowest BCUT2D eigenvalue weighted by molar-refractivity contribution is -0.122. The number of ether oxygens (including phenoxy) is 2. The summed E-state index contributed by atoms with van der Waals surface area (Å²) in [7, 11) is 1.56. The van der Waals surface area contributed by atoms with Crippen molar-refractivity contribution < 1.29 is 19.1 Å². The van der Waals surface area contributed by atoms with Gasteiger partial charge in [0.05, 0.1) is 23.7 Å². The number of fused-ring (bicyclic) bond motifs is 2. The van der Waals surface area contributed by atoms with Gasteiger partial charge in [-0.15, -0.1) is 0 Å². The summed E-state index contributed by atoms with van der Waals surface area (Å²) >= 11 is 2.34. The second kappa shape index (κ2) is 9.00. The fourth-order valence-corrected chi connectivity index (χ4v) is 7.27. The van der Waals surface area contributed by atoms with Gasteiger partial charge in [0.2, 0.25) is 11.8 Å². The number of hydrogen-bond acceptors (Lipinski definition) is 7. The van der Waals surface area contributed by atoms with Crippen molar-refractivity contribution in [2.75, 3.05) is 12.0 Å². The maximum atomic E-state index is 13.8. The van der Waals surface area contributed by atoms with Gasteiger partial charge in [-0.3, -0.25) is 14.4 Å². The molecule has 1 fully saturated rings. The molecular weight excluding hydrogens is 496 g/mol. The predicted octanol–water partition coefficient (Wildman–Crippen LogP) is 5.03. The number of carbonyl (C=O) groups excluding carboxylic acids is 2. The van der Waals surface area contributed by atoms with Crippen LogP contribution < -0.4 is 19.2 Å². The van der Waals surface area contributed by atoms with Crippen molar-refractivity contribution in [1.82, 2.24) is 4.98 Å². The Hall–Kier alpha value is -3.82. The van der Waals surface area contributed by atoms with Gasteiger partial charge >= 0.3 is 4.87 Å². The molecule has 3 heterocycles. The lowest BCUT2D eigenvalue weighted by atomic mass is 9.83. The molecule has 6 rings (SSSR count). The molecular formula is C27H20N2O5S2. The summed E-state index contributed by atoms with van der Waals surface area (Å²) in [5.41, 5.74) is 1.31. The van der Waals surface area contributed by atoms with E-state index in [2.05, 4.69) is 4.98 Å². The van der Waals surface area contributed by atoms with Crippen molar-refractivity contribution in [2.24, 2.45) is 5.92 Å². The standard InChI is InChI=1S/C27H20N2O5S2/c1-33-17-12-10-16(11-13-17)29-25(30)21-20(22-24(28-27(32)36-22)35-23(21)26(29)31)15-6-5-9-19(14-15)34-18-7-3-2-4-8-18/h2-14,20-21,23H,1H3,(H,28,32)/t20-,21?,23?/m1/s1. The first-order valence-corrected chi connectivity index (χ1v) is 13.0. The van der Waals surface area contributed by atoms with E-state index in [9.17, 15) is 14.4 Å². The number of nitrogens with zero attached hydrogens (tertiary/aromatic N) is 1. The minimum Gasteiger partial charge on any atom is -0.497 e. The van der Waals surface area contributed by atoms with Gasteiger partial charge in [0.25, 0.3) is 0 Å². The third kappa shape index (κ3) is 3.81. The molecule has 1 N–H and O–H groups in total. The largest absolute Gasteiger partial charge is 0.497 e. The predicted molar refractivity (Wildman–Crippen MR) is 138 cm³/mol. The van der Waals surface area contributed by atoms with E-state index in [0.29, 0.717) is 28.0 Å². The van der Waals surface area contributed by atoms with Crippen molar-refractivity contribution in [2.45, 2.75) is 16.2 Å². The summed E-state index contributed by atoms with van der Waals surface area (Å²) in [6.45, 7) is 0. The van der Waals surface area contributed by atoms with E-state index in [0.717, 1.165) is 21.8 Å². The Morgan fingerprint density at radius 3 is 2.33 bits per heavy atom. The Labute approximate surface area is 214 Å². The normalized spacial score (nSPS) is 20.7. The van der Waals surface area contributed by atoms with E-state index in [1.807, 2.05) is 54.6 Å². The second-order valence-electron chi connectivity index (χ2n) is 8.45. The van der Waals surface area contributed by atoms with Crippen LogP contribution in [0.5, 0.6) is 17.2 Å². The van der Waals surface area contributed by atoms with Gasteiger partial charge in [-0.25, -0.2) is 4.90 Å². The number of aromatic nitrogens is 1. The third-order valence-electron chi connectivity index (χ3n) is 6.35. The lowest BCUT2D eigenvalue weighted by Gasteiger charge is -2.30. The van der Waals surface area contributed by atoms with Crippen LogP contribution in [0.1, 0.15) is 16.4 Å². The van der Waals surface area contributed by atoms with E-state index in [-0.39, 0.29) is 16.7 Å². The zero-order valence-corrected chi connectivity index (χ0v) is 20.7. The van der Waals surface area contributed by atoms with Crippen molar-refractivity contribution in [3.05, 3.63) is 99.0 Å². The molecule has 2 aliphatic rings. The molecule has 3 aromatic carbocycles. The highest BCUT2D eigenvalue weighted by molar-refractivity contribution is 8.00. The Bertz CT molecular complexity index is 1510. The van der Waals surface area contributed by atoms with Crippen LogP contribution in [0, 0.1) is 5.92 Å². The number of anilines is 1. The van der Waals surface area contributed by atoms with Crippen LogP contribution in [0.15, 0.2) is 88.7 Å². The molecule has 0 aliphatic carbocycles. The monoisotopic (exact) mass is 516 g/mol. The van der Waals surface area contributed by atoms with Crippen molar-refractivity contribution in [1.29, 1.82) is 0 Å². The molecule has 9 heteroatoms. The molecule has 1 saturated heterocycles. The van der Waals surface area contributed by atoms with Crippen molar-refractivity contribution in [3.63, 3.8) is 0 Å². The highest BCUT2D eigenvalue weighted by Crippen LogP contribution is 2.53. The molecule has 7 nitrogen and oxygen atoms in total. The lowest BCUT2D eigenvalue weighted by Crippen LogP contribution is -2.32. The fraction of sp³-hybridized carbons (Fsp3) is 0.148. The fourth-order valence-electron chi connectivity index (χ4n) is 4.76. The average molecular weight is 517 g/mol. The van der Waals surface area contributed by atoms with E-state index in [1.54, 1.807) is 31.4 Å². The maximum Gasteiger partial charge on any atom is 0.305 e. The van der Waals surface area contributed by atoms with Crippen LogP contribution in [0.2, 0.25) is 0 Å². The number of nitrogens with one attached hydrogen (secondary N) is 1. The number of para-hydroxylation sites is 1. The SMILES string of the molecule is COc1ccc(N2C(=O)C3Sc4[nH]c(=O)sc4[C@H](c4cccc(Oc5ccccc5)c4)C3C2=O)cc1. The summed E-state index contributed by atoms with van der Waals surface area (Å²) in [6.07, 6.45) is 0. The number of benzene rings is 3. The van der Waals surface area contributed by atoms with Gasteiger partial charge in [0, 0.05) is 10.8 Å². The van der Waals surface area contributed by atoms with Crippen LogP contribution >= 0.6 is 23.1 Å². The van der Waals surface area contributed by atoms with Crippen LogP contribution in [0.3, 0.4) is 0 Å². The second-order valence-corrected chi connectivity index (χ2v) is 10.6. The van der Waals surface area contributed by atoms with Gasteiger partial charge < -0.3 is 14.5 Å². The van der Waals surface area contributed by atoms with Gasteiger partial charge in [0.15, 0.2) is 0 Å². The number of H-pyrrole nitrogens is 1. The van der Waals surface area contributed by atoms with Crippen molar-refractivity contribution in [3.8, 4) is 17.2 Å². The number of amides is 2. The van der Waals surface area contributed by atoms with Gasteiger partial charge in [0.1, 0.15) is 22.5 Å². The highest BCUT2D eigenvalue weighted by Gasteiger charge is 2.56. The molecule has 2 amide bonds. The first-order chi connectivity index (χ1) is 17.5. The number of thioether (sulfide) groups is 1. The Kier molecular flexibility index (Phi) is 5.66. The number of thiazole rings is 1. The average Bonchev–Trinajstić information content (AvgIpc) is 3.39. The zero-order chi connectivity index (χ0) is 24.8. The highest BCUT2D eigenvalue weighted by atomic mass is 32.2. The van der Waals surface area contributed by atoms with Crippen molar-refractivity contribution >= 4 is 40.6 Å². The Morgan fingerprint density at radius 2 is 1.58 bits per heavy atom. The van der Waals surface area contributed by atoms with Crippen LogP contribution in [-0.4, -0.2) is 29.2 Å². The molecule has 36 heavy (non-hydrogen) atoms. The number of imide groups is 1. The molecule has 1 aromatic heterocycles. The smallest absolute Gasteiger partial charge is 0.305 e. The number of methoxy groups -OCH3 is 1. The summed E-state index contributed by atoms with van der Waals surface area (Å²) in [5, 5.41) is -0.00980. The minimum atomic E-state index is -0.657. The van der Waals surface area contributed by atoms with Crippen LogP contribution in [0.4, 0.5) is 5.69 Å². The summed E-state index contributed by atoms with van der Waals surface area (Å²) in [6, 6.07) is 23.8. The first-order valence-electron chi connectivity index (χ1n) is 11.3. The number of rotatable bonds is 5. The molecule has 0 saturated carbocycles. The molecule has 0 bridgehead atoms. The number of aromatic amines is 1. The Morgan fingerprint density at radius 1 is 0.833 bits per heavy atom. The molecule has 2 aliphatic heterocycles. The minimum absolute atomic E-state index is 0.207. The van der Waals surface area contributed by atoms with E-state index in [4.69, 9.17) is 9.47 Å². The van der Waals surface area contributed by atoms with Crippen LogP contribution in [0.25, 0.3) is 0 Å². The summed E-state index contributed by atoms with van der Waals surface area (Å²) in [4.78, 5) is 44.4. The number of carbonyl (C=O) groups is 2. The molecule has 0 spiro atoms. The molecule has 2 unspecified atom stereocenters. The molecule has 4 aromatic rings. The number of hydrogen-bond donors (Lipinski definition) is 1. The van der Waals surface area contributed by atoms with Crippen LogP contribution in [-0.2, 0) is 9.59 Å².